The molecule has 0 N–H and O–H groups in total. The van der Waals surface area contributed by atoms with Crippen LogP contribution in [0.1, 0.15) is 6.42 Å². The lowest BCUT2D eigenvalue weighted by atomic mass is 9.61. The summed E-state index contributed by atoms with van der Waals surface area (Å²) in [5.74, 6) is -59.9. The standard InChI is InChI=1S/C23H15F17N4Si/c1-45(2,13-11-3-4-12(13)15(9-43,10-44)14(11,7-41)8-42)6-5-16(24,25)17(26,27)18(28,29)19(30,31)20(32,33)21(34,35)22(36,37)23(38,39)40/h3-4,11-13H,5-6H2,1-2H3/t11-,12+,13?. The number of nitrogens with zero attached hydrogens (tertiary/aromatic N) is 4. The molecule has 250 valence electrons. The number of alkyl halides is 17. The molecule has 0 aromatic heterocycles. The van der Waals surface area contributed by atoms with Crippen molar-refractivity contribution in [1.82, 2.24) is 0 Å². The molecule has 0 heterocycles. The van der Waals surface area contributed by atoms with Crippen LogP contribution >= 0.6 is 0 Å². The van der Waals surface area contributed by atoms with Crippen molar-refractivity contribution in [3.63, 3.8) is 0 Å². The molecule has 2 aliphatic rings. The van der Waals surface area contributed by atoms with E-state index < -0.39 is 96.4 Å². The maximum Gasteiger partial charge on any atom is 0.460 e. The number of hydrogen-bond donors (Lipinski definition) is 0. The van der Waals surface area contributed by atoms with Gasteiger partial charge in [0.25, 0.3) is 0 Å². The van der Waals surface area contributed by atoms with Crippen LogP contribution < -0.4 is 0 Å². The summed E-state index contributed by atoms with van der Waals surface area (Å²) in [5, 5.41) is 38.7. The Morgan fingerprint density at radius 3 is 1.11 bits per heavy atom. The van der Waals surface area contributed by atoms with Gasteiger partial charge in [0.2, 0.25) is 0 Å². The Balaban J connectivity index is 2.52. The predicted molar refractivity (Wildman–Crippen MR) is 115 cm³/mol. The average Bonchev–Trinajstić information content (AvgIpc) is 3.45. The first-order valence-corrected chi connectivity index (χ1v) is 15.1. The highest BCUT2D eigenvalue weighted by Crippen LogP contribution is 2.71. The molecule has 4 nitrogen and oxygen atoms in total. The summed E-state index contributed by atoms with van der Waals surface area (Å²) in [6.07, 6.45) is -8.24. The molecule has 0 amide bonds. The molecule has 2 aliphatic carbocycles. The third-order valence-electron chi connectivity index (χ3n) is 8.40. The van der Waals surface area contributed by atoms with E-state index in [1.807, 2.05) is 0 Å². The highest BCUT2D eigenvalue weighted by molar-refractivity contribution is 6.79. The van der Waals surface area contributed by atoms with Gasteiger partial charge in [0.15, 0.2) is 10.8 Å². The molecule has 0 saturated heterocycles. The molecule has 0 aromatic rings. The van der Waals surface area contributed by atoms with Crippen LogP contribution in [0.4, 0.5) is 74.6 Å². The van der Waals surface area contributed by atoms with Crippen molar-refractivity contribution in [3.8, 4) is 24.3 Å². The average molecular weight is 698 g/mol. The first-order valence-electron chi connectivity index (χ1n) is 11.8. The molecule has 0 spiro atoms. The zero-order valence-electron chi connectivity index (χ0n) is 22.0. The summed E-state index contributed by atoms with van der Waals surface area (Å²) >= 11 is 0. The third kappa shape index (κ3) is 4.33. The van der Waals surface area contributed by atoms with Gasteiger partial charge in [0.05, 0.1) is 32.4 Å². The Kier molecular flexibility index (Phi) is 8.52. The van der Waals surface area contributed by atoms with Gasteiger partial charge < -0.3 is 0 Å². The van der Waals surface area contributed by atoms with E-state index in [0.29, 0.717) is 0 Å². The molecule has 0 radical (unpaired) electrons. The number of allylic oxidation sites excluding steroid dienone is 2. The van der Waals surface area contributed by atoms with Crippen LogP contribution in [-0.2, 0) is 0 Å². The van der Waals surface area contributed by atoms with Crippen molar-refractivity contribution in [2.45, 2.75) is 78.7 Å². The second-order valence-corrected chi connectivity index (χ2v) is 16.3. The lowest BCUT2D eigenvalue weighted by molar-refractivity contribution is -0.461. The monoisotopic (exact) mass is 698 g/mol. The van der Waals surface area contributed by atoms with Crippen molar-refractivity contribution < 1.29 is 74.6 Å². The van der Waals surface area contributed by atoms with Crippen LogP contribution in [0, 0.1) is 68.0 Å². The Labute approximate surface area is 242 Å². The fourth-order valence-corrected chi connectivity index (χ4v) is 9.69. The van der Waals surface area contributed by atoms with E-state index in [2.05, 4.69) is 0 Å². The fourth-order valence-electron chi connectivity index (χ4n) is 5.73. The largest absolute Gasteiger partial charge is 0.460 e. The number of nitriles is 4. The molecule has 3 atom stereocenters. The summed E-state index contributed by atoms with van der Waals surface area (Å²) in [7, 11) is -3.89. The summed E-state index contributed by atoms with van der Waals surface area (Å²) in [6, 6.07) is 4.56. The van der Waals surface area contributed by atoms with E-state index >= 15 is 0 Å². The molecule has 0 aromatic carbocycles. The number of hydrogen-bond acceptors (Lipinski definition) is 4. The van der Waals surface area contributed by atoms with Crippen molar-refractivity contribution in [3.05, 3.63) is 12.2 Å². The molecule has 2 bridgehead atoms. The number of rotatable bonds is 10. The smallest absolute Gasteiger partial charge is 0.200 e. The molecular formula is C23H15F17N4Si. The zero-order chi connectivity index (χ0) is 35.9. The van der Waals surface area contributed by atoms with E-state index in [9.17, 15) is 95.7 Å². The number of halogens is 17. The van der Waals surface area contributed by atoms with Crippen LogP contribution in [0.5, 0.6) is 0 Å². The Hall–Kier alpha value is -3.27. The molecule has 1 unspecified atom stereocenters. The summed E-state index contributed by atoms with van der Waals surface area (Å²) < 4.78 is 231. The van der Waals surface area contributed by atoms with Crippen molar-refractivity contribution in [1.29, 1.82) is 21.0 Å². The van der Waals surface area contributed by atoms with E-state index in [4.69, 9.17) is 0 Å². The summed E-state index contributed by atoms with van der Waals surface area (Å²) in [4.78, 5) is 0. The van der Waals surface area contributed by atoms with E-state index in [-0.39, 0.29) is 0 Å². The van der Waals surface area contributed by atoms with Gasteiger partial charge in [-0.1, -0.05) is 31.3 Å². The van der Waals surface area contributed by atoms with Crippen molar-refractivity contribution in [2.75, 3.05) is 0 Å². The third-order valence-corrected chi connectivity index (χ3v) is 12.5. The van der Waals surface area contributed by atoms with Gasteiger partial charge in [-0.15, -0.1) is 0 Å². The maximum absolute atomic E-state index is 14.6. The first kappa shape index (κ1) is 37.9. The molecule has 1 fully saturated rings. The van der Waals surface area contributed by atoms with Crippen LogP contribution in [0.3, 0.4) is 0 Å². The lowest BCUT2D eigenvalue weighted by Gasteiger charge is -2.43. The minimum absolute atomic E-state index is 1.03. The molecule has 2 rings (SSSR count). The van der Waals surface area contributed by atoms with Gasteiger partial charge in [-0.05, 0) is 5.54 Å². The van der Waals surface area contributed by atoms with Crippen molar-refractivity contribution >= 4 is 8.07 Å². The van der Waals surface area contributed by atoms with Gasteiger partial charge in [0.1, 0.15) is 0 Å². The Bertz CT molecular complexity index is 1330. The van der Waals surface area contributed by atoms with E-state index in [0.717, 1.165) is 25.2 Å². The highest BCUT2D eigenvalue weighted by atomic mass is 28.3. The van der Waals surface area contributed by atoms with E-state index in [1.54, 1.807) is 0 Å². The van der Waals surface area contributed by atoms with Crippen LogP contribution in [-0.4, -0.2) is 55.7 Å². The lowest BCUT2D eigenvalue weighted by Crippen LogP contribution is -2.74. The molecule has 0 aliphatic heterocycles. The first-order chi connectivity index (χ1) is 19.8. The maximum atomic E-state index is 14.6. The minimum Gasteiger partial charge on any atom is -0.200 e. The second-order valence-electron chi connectivity index (χ2n) is 11.2. The van der Waals surface area contributed by atoms with Gasteiger partial charge in [0, 0.05) is 18.3 Å². The van der Waals surface area contributed by atoms with Crippen LogP contribution in [0.25, 0.3) is 0 Å². The molecule has 1 saturated carbocycles. The fraction of sp³-hybridized carbons (Fsp3) is 0.739. The van der Waals surface area contributed by atoms with Crippen molar-refractivity contribution in [2.24, 2.45) is 22.7 Å². The Morgan fingerprint density at radius 2 is 0.822 bits per heavy atom. The van der Waals surface area contributed by atoms with Crippen LogP contribution in [0.2, 0.25) is 24.7 Å². The minimum atomic E-state index is -8.72. The quantitative estimate of drug-likeness (QED) is 0.130. The molecular weight excluding hydrogens is 683 g/mol. The van der Waals surface area contributed by atoms with Crippen LogP contribution in [0.15, 0.2) is 12.2 Å². The SMILES string of the molecule is C[Si](C)(CCC(F)(F)C(F)(F)C(F)(F)C(F)(F)C(F)(F)C(F)(F)C(F)(F)C(F)(F)F)C1[C@H]2C=C[C@@H]1C(C#N)(C#N)C2(C#N)C#N. The van der Waals surface area contributed by atoms with Gasteiger partial charge >= 0.3 is 47.6 Å². The molecule has 22 heteroatoms. The Morgan fingerprint density at radius 1 is 0.533 bits per heavy atom. The number of fused-ring (bicyclic) bond motifs is 2. The highest BCUT2D eigenvalue weighted by Gasteiger charge is 2.95. The predicted octanol–water partition coefficient (Wildman–Crippen LogP) is 8.35. The molecule has 45 heavy (non-hydrogen) atoms. The summed E-state index contributed by atoms with van der Waals surface area (Å²) in [6.45, 7) is 2.06. The van der Waals surface area contributed by atoms with E-state index in [1.165, 1.54) is 24.3 Å². The second kappa shape index (κ2) is 10.1. The zero-order valence-corrected chi connectivity index (χ0v) is 23.0. The normalized spacial score (nSPS) is 24.0. The van der Waals surface area contributed by atoms with Gasteiger partial charge in [-0.2, -0.15) is 95.7 Å². The van der Waals surface area contributed by atoms with Gasteiger partial charge in [-0.25, -0.2) is 0 Å². The topological polar surface area (TPSA) is 95.2 Å². The summed E-state index contributed by atoms with van der Waals surface area (Å²) in [5.41, 5.74) is -6.25. The van der Waals surface area contributed by atoms with Gasteiger partial charge in [-0.3, -0.25) is 0 Å².